The van der Waals surface area contributed by atoms with Gasteiger partial charge in [-0.2, -0.15) is 0 Å². The van der Waals surface area contributed by atoms with Gasteiger partial charge in [-0.3, -0.25) is 4.79 Å². The van der Waals surface area contributed by atoms with E-state index in [1.165, 1.54) is 5.56 Å². The highest BCUT2D eigenvalue weighted by Crippen LogP contribution is 2.30. The number of hydrogen-bond acceptors (Lipinski definition) is 2. The average Bonchev–Trinajstić information content (AvgIpc) is 2.49. The molecule has 0 N–H and O–H groups in total. The third-order valence-corrected chi connectivity index (χ3v) is 4.17. The Hall–Kier alpha value is -1.83. The third kappa shape index (κ3) is 3.44. The fourth-order valence-corrected chi connectivity index (χ4v) is 2.81. The van der Waals surface area contributed by atoms with Crippen molar-refractivity contribution in [3.63, 3.8) is 0 Å². The average molecular weight is 284 g/mol. The van der Waals surface area contributed by atoms with Crippen molar-refractivity contribution >= 4 is 5.78 Å². The normalized spacial score (nSPS) is 15.5. The smallest absolute Gasteiger partial charge is 0.159 e. The molecule has 0 heterocycles. The molecule has 1 aliphatic carbocycles. The first-order chi connectivity index (χ1) is 10.1. The number of ether oxygens (including phenoxy) is 1. The van der Waals surface area contributed by atoms with Gasteiger partial charge in [0.1, 0.15) is 5.75 Å². The number of allylic oxidation sites excluding steroid dienone is 3. The number of rotatable bonds is 5. The van der Waals surface area contributed by atoms with Gasteiger partial charge >= 0.3 is 0 Å². The third-order valence-electron chi connectivity index (χ3n) is 4.17. The van der Waals surface area contributed by atoms with Crippen LogP contribution >= 0.6 is 0 Å². The number of carbonyl (C=O) groups is 1. The summed E-state index contributed by atoms with van der Waals surface area (Å²) in [6, 6.07) is 6.30. The van der Waals surface area contributed by atoms with Crippen molar-refractivity contribution in [1.29, 1.82) is 0 Å². The molecule has 0 atom stereocenters. The molecule has 0 aliphatic heterocycles. The summed E-state index contributed by atoms with van der Waals surface area (Å²) in [5.74, 6) is 1.59. The molecule has 0 unspecified atom stereocenters. The number of Topliss-reactive ketones (excluding diaryl/α,β-unsaturated/α-hetero) is 1. The molecule has 21 heavy (non-hydrogen) atoms. The standard InChI is InChI=1S/C19H24O2/c1-5-14-7-6-8-18(20)17(14)11-16-10-9-15(13(2)3)12-19(16)21-4/h5,9-10,12-13H,1,6-8,11H2,2-4H3. The molecule has 112 valence electrons. The summed E-state index contributed by atoms with van der Waals surface area (Å²) in [4.78, 5) is 12.2. The first kappa shape index (κ1) is 15.6. The van der Waals surface area contributed by atoms with Crippen molar-refractivity contribution in [3.8, 4) is 5.75 Å². The Bertz CT molecular complexity index is 579. The Balaban J connectivity index is 2.36. The lowest BCUT2D eigenvalue weighted by Gasteiger charge is -2.19. The summed E-state index contributed by atoms with van der Waals surface area (Å²) in [7, 11) is 1.69. The van der Waals surface area contributed by atoms with Crippen LogP contribution in [0.25, 0.3) is 0 Å². The van der Waals surface area contributed by atoms with E-state index >= 15 is 0 Å². The predicted molar refractivity (Wildman–Crippen MR) is 86.9 cm³/mol. The largest absolute Gasteiger partial charge is 0.496 e. The van der Waals surface area contributed by atoms with Crippen LogP contribution in [-0.2, 0) is 11.2 Å². The first-order valence-corrected chi connectivity index (χ1v) is 7.61. The van der Waals surface area contributed by atoms with E-state index in [1.54, 1.807) is 7.11 Å². The molecule has 0 bridgehead atoms. The number of benzene rings is 1. The maximum absolute atomic E-state index is 12.2. The lowest BCUT2D eigenvalue weighted by Crippen LogP contribution is -2.13. The lowest BCUT2D eigenvalue weighted by atomic mass is 9.86. The summed E-state index contributed by atoms with van der Waals surface area (Å²) in [6.45, 7) is 8.18. The highest BCUT2D eigenvalue weighted by Gasteiger charge is 2.20. The number of ketones is 1. The van der Waals surface area contributed by atoms with Crippen LogP contribution in [0.4, 0.5) is 0 Å². The van der Waals surface area contributed by atoms with Gasteiger partial charge in [0.05, 0.1) is 7.11 Å². The minimum absolute atomic E-state index is 0.256. The van der Waals surface area contributed by atoms with Crippen molar-refractivity contribution < 1.29 is 9.53 Å². The highest BCUT2D eigenvalue weighted by atomic mass is 16.5. The van der Waals surface area contributed by atoms with Crippen LogP contribution in [0.3, 0.4) is 0 Å². The fourth-order valence-electron chi connectivity index (χ4n) is 2.81. The Morgan fingerprint density at radius 2 is 2.10 bits per heavy atom. The Kier molecular flexibility index (Phi) is 5.00. The Morgan fingerprint density at radius 3 is 2.71 bits per heavy atom. The van der Waals surface area contributed by atoms with E-state index in [4.69, 9.17) is 4.74 Å². The lowest BCUT2D eigenvalue weighted by molar-refractivity contribution is -0.116. The van der Waals surface area contributed by atoms with Crippen LogP contribution in [-0.4, -0.2) is 12.9 Å². The molecule has 1 aliphatic rings. The van der Waals surface area contributed by atoms with Crippen molar-refractivity contribution in [2.45, 2.75) is 45.4 Å². The first-order valence-electron chi connectivity index (χ1n) is 7.61. The van der Waals surface area contributed by atoms with E-state index in [9.17, 15) is 4.79 Å². The van der Waals surface area contributed by atoms with E-state index in [0.717, 1.165) is 35.3 Å². The zero-order valence-corrected chi connectivity index (χ0v) is 13.2. The Labute approximate surface area is 127 Å². The Morgan fingerprint density at radius 1 is 1.33 bits per heavy atom. The SMILES string of the molecule is C=CC1=C(Cc2ccc(C(C)C)cc2OC)C(=O)CCC1. The predicted octanol–water partition coefficient (Wildman–Crippen LogP) is 4.60. The van der Waals surface area contributed by atoms with Gasteiger partial charge in [0.25, 0.3) is 0 Å². The number of methoxy groups -OCH3 is 1. The van der Waals surface area contributed by atoms with Gasteiger partial charge < -0.3 is 4.74 Å². The van der Waals surface area contributed by atoms with Crippen LogP contribution in [0.2, 0.25) is 0 Å². The second-order valence-corrected chi connectivity index (χ2v) is 5.89. The van der Waals surface area contributed by atoms with Gasteiger partial charge in [-0.25, -0.2) is 0 Å². The molecule has 0 amide bonds. The van der Waals surface area contributed by atoms with Gasteiger partial charge in [-0.15, -0.1) is 0 Å². The van der Waals surface area contributed by atoms with Gasteiger partial charge in [0.2, 0.25) is 0 Å². The van der Waals surface area contributed by atoms with Crippen molar-refractivity contribution in [2.75, 3.05) is 7.11 Å². The van der Waals surface area contributed by atoms with Gasteiger partial charge in [-0.1, -0.05) is 38.6 Å². The molecule has 0 spiro atoms. The molecule has 0 saturated heterocycles. The summed E-state index contributed by atoms with van der Waals surface area (Å²) in [5, 5.41) is 0. The summed E-state index contributed by atoms with van der Waals surface area (Å²) >= 11 is 0. The van der Waals surface area contributed by atoms with Crippen molar-refractivity contribution in [1.82, 2.24) is 0 Å². The van der Waals surface area contributed by atoms with Crippen LogP contribution in [0.5, 0.6) is 5.75 Å². The minimum atomic E-state index is 0.256. The molecule has 2 rings (SSSR count). The van der Waals surface area contributed by atoms with Crippen LogP contribution in [0, 0.1) is 0 Å². The highest BCUT2D eigenvalue weighted by molar-refractivity contribution is 5.97. The van der Waals surface area contributed by atoms with Crippen molar-refractivity contribution in [3.05, 3.63) is 53.1 Å². The maximum Gasteiger partial charge on any atom is 0.159 e. The van der Waals surface area contributed by atoms with Crippen LogP contribution < -0.4 is 4.74 Å². The summed E-state index contributed by atoms with van der Waals surface area (Å²) in [6.07, 6.45) is 5.02. The van der Waals surface area contributed by atoms with Crippen LogP contribution in [0.15, 0.2) is 42.0 Å². The molecular weight excluding hydrogens is 260 g/mol. The second kappa shape index (κ2) is 6.75. The molecule has 0 saturated carbocycles. The maximum atomic E-state index is 12.2. The van der Waals surface area contributed by atoms with Gasteiger partial charge in [0, 0.05) is 18.4 Å². The van der Waals surface area contributed by atoms with E-state index < -0.39 is 0 Å². The molecule has 2 nitrogen and oxygen atoms in total. The summed E-state index contributed by atoms with van der Waals surface area (Å²) < 4.78 is 5.52. The van der Waals surface area contributed by atoms with E-state index in [0.29, 0.717) is 18.8 Å². The zero-order valence-electron chi connectivity index (χ0n) is 13.2. The van der Waals surface area contributed by atoms with E-state index in [1.807, 2.05) is 6.08 Å². The molecule has 1 aromatic carbocycles. The zero-order chi connectivity index (χ0) is 15.4. The molecule has 0 radical (unpaired) electrons. The van der Waals surface area contributed by atoms with Crippen LogP contribution in [0.1, 0.15) is 50.2 Å². The number of hydrogen-bond donors (Lipinski definition) is 0. The van der Waals surface area contributed by atoms with Gasteiger partial charge in [0.15, 0.2) is 5.78 Å². The molecular formula is C19H24O2. The second-order valence-electron chi connectivity index (χ2n) is 5.89. The van der Waals surface area contributed by atoms with E-state index in [2.05, 4.69) is 38.6 Å². The summed E-state index contributed by atoms with van der Waals surface area (Å²) in [5.41, 5.74) is 4.34. The fraction of sp³-hybridized carbons (Fsp3) is 0.421. The number of carbonyl (C=O) groups excluding carboxylic acids is 1. The molecule has 2 heteroatoms. The quantitative estimate of drug-likeness (QED) is 0.790. The monoisotopic (exact) mass is 284 g/mol. The van der Waals surface area contributed by atoms with E-state index in [-0.39, 0.29) is 5.78 Å². The molecule has 0 fully saturated rings. The van der Waals surface area contributed by atoms with Crippen molar-refractivity contribution in [2.24, 2.45) is 0 Å². The molecule has 1 aromatic rings. The minimum Gasteiger partial charge on any atom is -0.496 e. The van der Waals surface area contributed by atoms with Gasteiger partial charge in [-0.05, 0) is 41.5 Å². The molecule has 0 aromatic heterocycles. The topological polar surface area (TPSA) is 26.3 Å².